The van der Waals surface area contributed by atoms with Crippen LogP contribution in [-0.4, -0.2) is 17.1 Å². The number of aryl methyl sites for hydroxylation is 1. The SMILES string of the molecule is CCOc1ccccc1NC(=O)c1cc(C)n(C(C)C)c1C. The molecule has 0 radical (unpaired) electrons. The summed E-state index contributed by atoms with van der Waals surface area (Å²) in [6.45, 7) is 10.7. The lowest BCUT2D eigenvalue weighted by molar-refractivity contribution is 0.102. The summed E-state index contributed by atoms with van der Waals surface area (Å²) in [5.74, 6) is 0.586. The highest BCUT2D eigenvalue weighted by atomic mass is 16.5. The van der Waals surface area contributed by atoms with Crippen molar-refractivity contribution < 1.29 is 9.53 Å². The fourth-order valence-electron chi connectivity index (χ4n) is 2.84. The van der Waals surface area contributed by atoms with Gasteiger partial charge in [0.1, 0.15) is 5.75 Å². The van der Waals surface area contributed by atoms with Crippen LogP contribution in [0.4, 0.5) is 5.69 Å². The molecule has 0 spiro atoms. The molecule has 0 aliphatic carbocycles. The third-order valence-corrected chi connectivity index (χ3v) is 3.68. The van der Waals surface area contributed by atoms with E-state index in [0.717, 1.165) is 11.4 Å². The summed E-state index contributed by atoms with van der Waals surface area (Å²) in [6.07, 6.45) is 0. The van der Waals surface area contributed by atoms with Crippen LogP contribution in [0, 0.1) is 13.8 Å². The van der Waals surface area contributed by atoms with Gasteiger partial charge in [0.2, 0.25) is 0 Å². The van der Waals surface area contributed by atoms with E-state index < -0.39 is 0 Å². The number of carbonyl (C=O) groups excluding carboxylic acids is 1. The summed E-state index contributed by atoms with van der Waals surface area (Å²) in [5.41, 5.74) is 3.48. The first-order valence-electron chi connectivity index (χ1n) is 7.67. The van der Waals surface area contributed by atoms with Gasteiger partial charge in [-0.15, -0.1) is 0 Å². The number of hydrogen-bond donors (Lipinski definition) is 1. The first-order chi connectivity index (χ1) is 10.5. The molecule has 1 amide bonds. The number of hydrogen-bond acceptors (Lipinski definition) is 2. The van der Waals surface area contributed by atoms with Crippen molar-refractivity contribution in [3.63, 3.8) is 0 Å². The summed E-state index contributed by atoms with van der Waals surface area (Å²) < 4.78 is 7.72. The molecule has 0 aliphatic rings. The Hall–Kier alpha value is -2.23. The first kappa shape index (κ1) is 16.1. The number of para-hydroxylation sites is 2. The Morgan fingerprint density at radius 1 is 1.27 bits per heavy atom. The van der Waals surface area contributed by atoms with Crippen LogP contribution in [-0.2, 0) is 0 Å². The Bertz CT molecular complexity index is 672. The van der Waals surface area contributed by atoms with E-state index in [9.17, 15) is 4.79 Å². The van der Waals surface area contributed by atoms with E-state index in [2.05, 4.69) is 23.7 Å². The largest absolute Gasteiger partial charge is 0.492 e. The van der Waals surface area contributed by atoms with Crippen LogP contribution in [0.3, 0.4) is 0 Å². The van der Waals surface area contributed by atoms with Gasteiger partial charge < -0.3 is 14.6 Å². The third-order valence-electron chi connectivity index (χ3n) is 3.68. The Kier molecular flexibility index (Phi) is 4.91. The zero-order chi connectivity index (χ0) is 16.3. The van der Waals surface area contributed by atoms with Crippen LogP contribution >= 0.6 is 0 Å². The Labute approximate surface area is 132 Å². The Morgan fingerprint density at radius 3 is 2.55 bits per heavy atom. The third kappa shape index (κ3) is 3.16. The van der Waals surface area contributed by atoms with Gasteiger partial charge in [-0.05, 0) is 52.8 Å². The number of anilines is 1. The molecule has 0 unspecified atom stereocenters. The molecule has 4 heteroatoms. The molecule has 1 aromatic heterocycles. The quantitative estimate of drug-likeness (QED) is 0.892. The average Bonchev–Trinajstić information content (AvgIpc) is 2.76. The second-order valence-electron chi connectivity index (χ2n) is 5.63. The summed E-state index contributed by atoms with van der Waals surface area (Å²) in [4.78, 5) is 12.6. The molecule has 118 valence electrons. The van der Waals surface area contributed by atoms with Gasteiger partial charge in [0.25, 0.3) is 5.91 Å². The van der Waals surface area contributed by atoms with E-state index >= 15 is 0 Å². The van der Waals surface area contributed by atoms with Crippen LogP contribution in [0.1, 0.15) is 48.6 Å². The van der Waals surface area contributed by atoms with E-state index in [0.29, 0.717) is 29.6 Å². The Balaban J connectivity index is 2.29. The monoisotopic (exact) mass is 300 g/mol. The predicted octanol–water partition coefficient (Wildman–Crippen LogP) is 4.34. The van der Waals surface area contributed by atoms with Gasteiger partial charge in [-0.3, -0.25) is 4.79 Å². The average molecular weight is 300 g/mol. The van der Waals surface area contributed by atoms with E-state index in [1.165, 1.54) is 0 Å². The minimum Gasteiger partial charge on any atom is -0.492 e. The van der Waals surface area contributed by atoms with Crippen molar-refractivity contribution in [1.29, 1.82) is 0 Å². The van der Waals surface area contributed by atoms with E-state index in [1.807, 2.05) is 51.1 Å². The van der Waals surface area contributed by atoms with Crippen molar-refractivity contribution in [1.82, 2.24) is 4.57 Å². The lowest BCUT2D eigenvalue weighted by Crippen LogP contribution is -2.14. The molecular formula is C18H24N2O2. The number of aromatic nitrogens is 1. The molecule has 0 saturated heterocycles. The van der Waals surface area contributed by atoms with Crippen LogP contribution in [0.15, 0.2) is 30.3 Å². The molecule has 0 atom stereocenters. The molecule has 0 bridgehead atoms. The summed E-state index contributed by atoms with van der Waals surface area (Å²) in [7, 11) is 0. The van der Waals surface area contributed by atoms with Crippen molar-refractivity contribution in [2.75, 3.05) is 11.9 Å². The van der Waals surface area contributed by atoms with Gasteiger partial charge in [-0.25, -0.2) is 0 Å². The van der Waals surface area contributed by atoms with Gasteiger partial charge in [0, 0.05) is 17.4 Å². The molecule has 1 heterocycles. The topological polar surface area (TPSA) is 43.3 Å². The molecular weight excluding hydrogens is 276 g/mol. The molecule has 0 fully saturated rings. The van der Waals surface area contributed by atoms with Crippen LogP contribution in [0.2, 0.25) is 0 Å². The fourth-order valence-corrected chi connectivity index (χ4v) is 2.84. The second kappa shape index (κ2) is 6.69. The lowest BCUT2D eigenvalue weighted by atomic mass is 10.2. The van der Waals surface area contributed by atoms with Gasteiger partial charge >= 0.3 is 0 Å². The smallest absolute Gasteiger partial charge is 0.257 e. The van der Waals surface area contributed by atoms with E-state index in [4.69, 9.17) is 4.74 Å². The number of ether oxygens (including phenoxy) is 1. The highest BCUT2D eigenvalue weighted by molar-refractivity contribution is 6.06. The maximum Gasteiger partial charge on any atom is 0.257 e. The van der Waals surface area contributed by atoms with Crippen molar-refractivity contribution in [2.45, 2.75) is 40.7 Å². The highest BCUT2D eigenvalue weighted by Gasteiger charge is 2.18. The summed E-state index contributed by atoms with van der Waals surface area (Å²) in [5, 5.41) is 2.95. The number of rotatable bonds is 5. The van der Waals surface area contributed by atoms with Gasteiger partial charge in [-0.2, -0.15) is 0 Å². The standard InChI is InChI=1S/C18H24N2O2/c1-6-22-17-10-8-7-9-16(17)19-18(21)15-11-13(4)20(12(2)3)14(15)5/h7-12H,6H2,1-5H3,(H,19,21). The van der Waals surface area contributed by atoms with E-state index in [1.54, 1.807) is 0 Å². The van der Waals surface area contributed by atoms with Gasteiger partial charge in [-0.1, -0.05) is 12.1 Å². The zero-order valence-electron chi connectivity index (χ0n) is 13.9. The van der Waals surface area contributed by atoms with Crippen molar-refractivity contribution in [2.24, 2.45) is 0 Å². The van der Waals surface area contributed by atoms with Crippen molar-refractivity contribution in [3.05, 3.63) is 47.3 Å². The minimum atomic E-state index is -0.104. The maximum atomic E-state index is 12.6. The minimum absolute atomic E-state index is 0.104. The zero-order valence-corrected chi connectivity index (χ0v) is 13.9. The molecule has 4 nitrogen and oxygen atoms in total. The van der Waals surface area contributed by atoms with Crippen molar-refractivity contribution in [3.8, 4) is 5.75 Å². The van der Waals surface area contributed by atoms with Gasteiger partial charge in [0.05, 0.1) is 17.9 Å². The summed E-state index contributed by atoms with van der Waals surface area (Å²) >= 11 is 0. The molecule has 2 aromatic rings. The first-order valence-corrected chi connectivity index (χ1v) is 7.67. The maximum absolute atomic E-state index is 12.6. The summed E-state index contributed by atoms with van der Waals surface area (Å²) in [6, 6.07) is 9.76. The van der Waals surface area contributed by atoms with E-state index in [-0.39, 0.29) is 5.91 Å². The molecule has 1 aromatic carbocycles. The van der Waals surface area contributed by atoms with Crippen LogP contribution < -0.4 is 10.1 Å². The number of nitrogens with zero attached hydrogens (tertiary/aromatic N) is 1. The second-order valence-corrected chi connectivity index (χ2v) is 5.63. The van der Waals surface area contributed by atoms with Gasteiger partial charge in [0.15, 0.2) is 0 Å². The number of benzene rings is 1. The molecule has 0 saturated carbocycles. The number of nitrogens with one attached hydrogen (secondary N) is 1. The lowest BCUT2D eigenvalue weighted by Gasteiger charge is -2.14. The Morgan fingerprint density at radius 2 is 1.95 bits per heavy atom. The predicted molar refractivity (Wildman–Crippen MR) is 89.9 cm³/mol. The van der Waals surface area contributed by atoms with Crippen LogP contribution in [0.25, 0.3) is 0 Å². The highest BCUT2D eigenvalue weighted by Crippen LogP contribution is 2.26. The normalized spacial score (nSPS) is 10.8. The number of amides is 1. The number of carbonyl (C=O) groups is 1. The molecule has 0 aliphatic heterocycles. The van der Waals surface area contributed by atoms with Crippen LogP contribution in [0.5, 0.6) is 5.75 Å². The van der Waals surface area contributed by atoms with Crippen molar-refractivity contribution >= 4 is 11.6 Å². The fraction of sp³-hybridized carbons (Fsp3) is 0.389. The molecule has 22 heavy (non-hydrogen) atoms. The molecule has 2 rings (SSSR count). The molecule has 1 N–H and O–H groups in total.